The average molecular weight is 229 g/mol. The zero-order valence-corrected chi connectivity index (χ0v) is 10.4. The molecule has 90 valence electrons. The van der Waals surface area contributed by atoms with Gasteiger partial charge in [-0.05, 0) is 24.6 Å². The van der Waals surface area contributed by atoms with E-state index in [9.17, 15) is 0 Å². The van der Waals surface area contributed by atoms with Crippen LogP contribution in [0.15, 0.2) is 42.5 Å². The van der Waals surface area contributed by atoms with Gasteiger partial charge in [-0.3, -0.25) is 0 Å². The third kappa shape index (κ3) is 2.44. The summed E-state index contributed by atoms with van der Waals surface area (Å²) in [6, 6.07) is 14.4. The van der Waals surface area contributed by atoms with E-state index in [0.29, 0.717) is 0 Å². The van der Waals surface area contributed by atoms with E-state index in [0.717, 1.165) is 24.7 Å². The molecule has 0 saturated carbocycles. The van der Waals surface area contributed by atoms with E-state index in [4.69, 9.17) is 5.73 Å². The number of nitrogens with two attached hydrogens (primary N) is 1. The van der Waals surface area contributed by atoms with Crippen molar-refractivity contribution in [2.24, 2.45) is 0 Å². The molecule has 0 radical (unpaired) electrons. The van der Waals surface area contributed by atoms with Crippen LogP contribution in [-0.2, 0) is 6.54 Å². The van der Waals surface area contributed by atoms with Crippen LogP contribution in [0.25, 0.3) is 0 Å². The summed E-state index contributed by atoms with van der Waals surface area (Å²) in [5, 5.41) is 0. The molecular formula is C14H19N3. The maximum absolute atomic E-state index is 6.02. The third-order valence-electron chi connectivity index (χ3n) is 3.04. The lowest BCUT2D eigenvalue weighted by Crippen LogP contribution is -2.20. The van der Waals surface area contributed by atoms with Crippen molar-refractivity contribution >= 4 is 11.6 Å². The van der Waals surface area contributed by atoms with Gasteiger partial charge in [-0.1, -0.05) is 30.3 Å². The van der Waals surface area contributed by atoms with Gasteiger partial charge in [0.1, 0.15) is 11.6 Å². The molecule has 1 aromatic carbocycles. The van der Waals surface area contributed by atoms with Crippen LogP contribution in [0.2, 0.25) is 0 Å². The van der Waals surface area contributed by atoms with Crippen LogP contribution in [-0.4, -0.2) is 18.2 Å². The minimum absolute atomic E-state index is 0.809. The summed E-state index contributed by atoms with van der Waals surface area (Å²) in [4.78, 5) is 2.19. The van der Waals surface area contributed by atoms with Crippen molar-refractivity contribution in [1.29, 1.82) is 0 Å². The first-order chi connectivity index (χ1) is 8.22. The maximum Gasteiger partial charge on any atom is 0.110 e. The summed E-state index contributed by atoms with van der Waals surface area (Å²) in [5.74, 6) is 1.97. The molecule has 0 aliphatic rings. The van der Waals surface area contributed by atoms with Gasteiger partial charge in [0.25, 0.3) is 0 Å². The first-order valence-electron chi connectivity index (χ1n) is 5.92. The fraction of sp³-hybridized carbons (Fsp3) is 0.286. The topological polar surface area (TPSA) is 34.2 Å². The summed E-state index contributed by atoms with van der Waals surface area (Å²) < 4.78 is 2.14. The molecule has 0 fully saturated rings. The van der Waals surface area contributed by atoms with Crippen molar-refractivity contribution in [3.05, 3.63) is 48.0 Å². The summed E-state index contributed by atoms with van der Waals surface area (Å²) in [7, 11) is 2.08. The van der Waals surface area contributed by atoms with Gasteiger partial charge >= 0.3 is 0 Å². The van der Waals surface area contributed by atoms with Gasteiger partial charge in [-0.15, -0.1) is 0 Å². The fourth-order valence-electron chi connectivity index (χ4n) is 1.91. The summed E-state index contributed by atoms with van der Waals surface area (Å²) in [6.45, 7) is 3.92. The van der Waals surface area contributed by atoms with E-state index in [2.05, 4.69) is 53.8 Å². The van der Waals surface area contributed by atoms with Gasteiger partial charge in [0.05, 0.1) is 6.54 Å². The first kappa shape index (κ1) is 11.6. The lowest BCUT2D eigenvalue weighted by atomic mass is 10.2. The second-order valence-corrected chi connectivity index (χ2v) is 4.20. The van der Waals surface area contributed by atoms with E-state index in [1.54, 1.807) is 0 Å². The molecule has 0 unspecified atom stereocenters. The molecule has 0 spiro atoms. The molecule has 2 aromatic rings. The Morgan fingerprint density at radius 3 is 2.47 bits per heavy atom. The molecule has 17 heavy (non-hydrogen) atoms. The molecule has 2 N–H and O–H groups in total. The Kier molecular flexibility index (Phi) is 3.38. The average Bonchev–Trinajstić information content (AvgIpc) is 2.72. The van der Waals surface area contributed by atoms with Crippen LogP contribution in [0.4, 0.5) is 11.6 Å². The minimum atomic E-state index is 0.809. The van der Waals surface area contributed by atoms with Crippen LogP contribution in [0.3, 0.4) is 0 Å². The van der Waals surface area contributed by atoms with Crippen molar-refractivity contribution in [1.82, 2.24) is 4.57 Å². The van der Waals surface area contributed by atoms with Gasteiger partial charge < -0.3 is 15.2 Å². The smallest absolute Gasteiger partial charge is 0.110 e. The second-order valence-electron chi connectivity index (χ2n) is 4.20. The Bertz CT molecular complexity index is 473. The van der Waals surface area contributed by atoms with Gasteiger partial charge in [0.15, 0.2) is 0 Å². The maximum atomic E-state index is 6.02. The lowest BCUT2D eigenvalue weighted by molar-refractivity contribution is 0.781. The van der Waals surface area contributed by atoms with Gasteiger partial charge in [0.2, 0.25) is 0 Å². The van der Waals surface area contributed by atoms with E-state index in [-0.39, 0.29) is 0 Å². The molecule has 0 aliphatic carbocycles. The minimum Gasteiger partial charge on any atom is -0.385 e. The number of benzene rings is 1. The molecule has 1 heterocycles. The molecule has 1 aromatic heterocycles. The Balaban J connectivity index is 2.29. The second kappa shape index (κ2) is 4.95. The Hall–Kier alpha value is -1.90. The monoisotopic (exact) mass is 229 g/mol. The summed E-state index contributed by atoms with van der Waals surface area (Å²) in [5.41, 5.74) is 7.28. The number of aromatic nitrogens is 1. The highest BCUT2D eigenvalue weighted by molar-refractivity contribution is 5.50. The van der Waals surface area contributed by atoms with Crippen LogP contribution in [0.5, 0.6) is 0 Å². The van der Waals surface area contributed by atoms with Crippen molar-refractivity contribution in [3.8, 4) is 0 Å². The standard InChI is InChI=1S/C14H19N3/c1-3-16(2)14-10-9-13(15)17(14)11-12-7-5-4-6-8-12/h4-10H,3,11,15H2,1-2H3. The van der Waals surface area contributed by atoms with Crippen molar-refractivity contribution in [3.63, 3.8) is 0 Å². The highest BCUT2D eigenvalue weighted by Crippen LogP contribution is 2.21. The quantitative estimate of drug-likeness (QED) is 0.874. The van der Waals surface area contributed by atoms with Crippen LogP contribution < -0.4 is 10.6 Å². The van der Waals surface area contributed by atoms with Gasteiger partial charge in [-0.2, -0.15) is 0 Å². The Labute approximate surface area is 102 Å². The fourth-order valence-corrected chi connectivity index (χ4v) is 1.91. The molecule has 3 nitrogen and oxygen atoms in total. The zero-order chi connectivity index (χ0) is 12.3. The Morgan fingerprint density at radius 1 is 1.12 bits per heavy atom. The summed E-state index contributed by atoms with van der Waals surface area (Å²) >= 11 is 0. The predicted octanol–water partition coefficient (Wildman–Crippen LogP) is 2.57. The first-order valence-corrected chi connectivity index (χ1v) is 5.92. The van der Waals surface area contributed by atoms with Gasteiger partial charge in [0, 0.05) is 13.6 Å². The highest BCUT2D eigenvalue weighted by atomic mass is 15.2. The molecule has 0 aliphatic heterocycles. The lowest BCUT2D eigenvalue weighted by Gasteiger charge is -2.20. The molecular weight excluding hydrogens is 210 g/mol. The van der Waals surface area contributed by atoms with E-state index < -0.39 is 0 Å². The van der Waals surface area contributed by atoms with Crippen molar-refractivity contribution in [2.45, 2.75) is 13.5 Å². The zero-order valence-electron chi connectivity index (χ0n) is 10.4. The SMILES string of the molecule is CCN(C)c1ccc(N)n1Cc1ccccc1. The highest BCUT2D eigenvalue weighted by Gasteiger charge is 2.08. The summed E-state index contributed by atoms with van der Waals surface area (Å²) in [6.07, 6.45) is 0. The number of hydrogen-bond donors (Lipinski definition) is 1. The van der Waals surface area contributed by atoms with E-state index in [1.165, 1.54) is 5.56 Å². The van der Waals surface area contributed by atoms with Gasteiger partial charge in [-0.25, -0.2) is 0 Å². The number of hydrogen-bond acceptors (Lipinski definition) is 2. The predicted molar refractivity (Wildman–Crippen MR) is 73.3 cm³/mol. The van der Waals surface area contributed by atoms with E-state index >= 15 is 0 Å². The largest absolute Gasteiger partial charge is 0.385 e. The van der Waals surface area contributed by atoms with E-state index in [1.807, 2.05) is 12.1 Å². The molecule has 0 bridgehead atoms. The van der Waals surface area contributed by atoms with Crippen LogP contribution in [0, 0.1) is 0 Å². The third-order valence-corrected chi connectivity index (χ3v) is 3.04. The van der Waals surface area contributed by atoms with Crippen molar-refractivity contribution in [2.75, 3.05) is 24.2 Å². The van der Waals surface area contributed by atoms with Crippen LogP contribution >= 0.6 is 0 Å². The van der Waals surface area contributed by atoms with Crippen LogP contribution in [0.1, 0.15) is 12.5 Å². The molecule has 0 atom stereocenters. The van der Waals surface area contributed by atoms with Crippen molar-refractivity contribution < 1.29 is 0 Å². The number of nitrogens with zero attached hydrogens (tertiary/aromatic N) is 2. The normalized spacial score (nSPS) is 10.5. The number of nitrogen functional groups attached to an aromatic ring is 1. The molecule has 0 amide bonds. The number of anilines is 2. The Morgan fingerprint density at radius 2 is 1.82 bits per heavy atom. The molecule has 0 saturated heterocycles. The number of rotatable bonds is 4. The molecule has 2 rings (SSSR count). The molecule has 3 heteroatoms.